The SMILES string of the molecule is Cc1ccccc1N1CCN(c2ccc(-c3cccc(CN(CCCN)C(=O)C4CC4)c3)cc2NC(=O)CC(C)(C)C)CC1. The number of carbonyl (C=O) groups is 2. The molecule has 44 heavy (non-hydrogen) atoms. The molecule has 234 valence electrons. The largest absolute Gasteiger partial charge is 0.368 e. The quantitative estimate of drug-likeness (QED) is 0.266. The zero-order chi connectivity index (χ0) is 31.3. The van der Waals surface area contributed by atoms with Crippen molar-refractivity contribution in [2.75, 3.05) is 54.4 Å². The Hall–Kier alpha value is -3.84. The Morgan fingerprint density at radius 3 is 2.23 bits per heavy atom. The zero-order valence-electron chi connectivity index (χ0n) is 26.9. The van der Waals surface area contributed by atoms with E-state index >= 15 is 0 Å². The highest BCUT2D eigenvalue weighted by molar-refractivity contribution is 5.96. The van der Waals surface area contributed by atoms with Crippen LogP contribution in [0.2, 0.25) is 0 Å². The molecule has 3 aromatic rings. The fraction of sp³-hybridized carbons (Fsp3) is 0.459. The highest BCUT2D eigenvalue weighted by Gasteiger charge is 2.33. The van der Waals surface area contributed by atoms with Gasteiger partial charge in [-0.25, -0.2) is 0 Å². The van der Waals surface area contributed by atoms with Crippen molar-refractivity contribution in [2.24, 2.45) is 17.1 Å². The molecule has 2 aliphatic rings. The van der Waals surface area contributed by atoms with E-state index in [4.69, 9.17) is 5.73 Å². The summed E-state index contributed by atoms with van der Waals surface area (Å²) < 4.78 is 0. The third-order valence-electron chi connectivity index (χ3n) is 8.54. The normalized spacial score (nSPS) is 15.3. The lowest BCUT2D eigenvalue weighted by atomic mass is 9.92. The van der Waals surface area contributed by atoms with Crippen molar-refractivity contribution in [3.8, 4) is 11.1 Å². The maximum absolute atomic E-state index is 13.2. The average Bonchev–Trinajstić information content (AvgIpc) is 3.84. The van der Waals surface area contributed by atoms with E-state index in [0.717, 1.165) is 73.5 Å². The molecule has 0 radical (unpaired) electrons. The summed E-state index contributed by atoms with van der Waals surface area (Å²) in [5.41, 5.74) is 13.4. The molecule has 0 atom stereocenters. The number of nitrogens with one attached hydrogen (secondary N) is 1. The Balaban J connectivity index is 1.38. The molecule has 0 bridgehead atoms. The molecule has 2 fully saturated rings. The van der Waals surface area contributed by atoms with Gasteiger partial charge in [-0.05, 0) is 84.7 Å². The Labute approximate surface area is 263 Å². The highest BCUT2D eigenvalue weighted by Crippen LogP contribution is 2.35. The number of para-hydroxylation sites is 1. The molecule has 3 aromatic carbocycles. The molecule has 1 aliphatic carbocycles. The molecular formula is C37H49N5O2. The number of piperazine rings is 1. The molecule has 0 spiro atoms. The summed E-state index contributed by atoms with van der Waals surface area (Å²) in [6.07, 6.45) is 3.24. The summed E-state index contributed by atoms with van der Waals surface area (Å²) in [5.74, 6) is 0.457. The summed E-state index contributed by atoms with van der Waals surface area (Å²) >= 11 is 0. The minimum absolute atomic E-state index is 0.0253. The molecule has 5 rings (SSSR count). The fourth-order valence-corrected chi connectivity index (χ4v) is 6.08. The van der Waals surface area contributed by atoms with Gasteiger partial charge in [0.15, 0.2) is 0 Å². The third-order valence-corrected chi connectivity index (χ3v) is 8.54. The first-order valence-corrected chi connectivity index (χ1v) is 16.2. The molecule has 7 heteroatoms. The van der Waals surface area contributed by atoms with Crippen LogP contribution in [-0.4, -0.2) is 56.0 Å². The predicted octanol–water partition coefficient (Wildman–Crippen LogP) is 6.45. The lowest BCUT2D eigenvalue weighted by molar-refractivity contribution is -0.133. The van der Waals surface area contributed by atoms with Gasteiger partial charge in [0.1, 0.15) is 0 Å². The van der Waals surface area contributed by atoms with Gasteiger partial charge in [0.2, 0.25) is 11.8 Å². The van der Waals surface area contributed by atoms with Gasteiger partial charge in [0.05, 0.1) is 11.4 Å². The van der Waals surface area contributed by atoms with E-state index in [-0.39, 0.29) is 23.1 Å². The van der Waals surface area contributed by atoms with Crippen LogP contribution in [0.4, 0.5) is 17.1 Å². The molecule has 1 saturated carbocycles. The topological polar surface area (TPSA) is 81.9 Å². The standard InChI is InChI=1S/C37H49N5O2/c1-27-9-5-6-12-33(27)40-19-21-41(22-20-40)34-16-15-31(24-32(34)39-35(43)25-37(2,3)4)30-11-7-10-28(23-30)26-42(18-8-17-38)36(44)29-13-14-29/h5-7,9-12,15-16,23-24,29H,8,13-14,17-22,25-26,38H2,1-4H3,(H,39,43). The van der Waals surface area contributed by atoms with Crippen molar-refractivity contribution in [3.05, 3.63) is 77.9 Å². The monoisotopic (exact) mass is 595 g/mol. The minimum atomic E-state index is -0.108. The van der Waals surface area contributed by atoms with E-state index in [2.05, 4.69) is 110 Å². The molecule has 3 N–H and O–H groups in total. The van der Waals surface area contributed by atoms with Crippen LogP contribution in [-0.2, 0) is 16.1 Å². The van der Waals surface area contributed by atoms with Crippen molar-refractivity contribution >= 4 is 28.9 Å². The van der Waals surface area contributed by atoms with E-state index in [0.29, 0.717) is 26.1 Å². The van der Waals surface area contributed by atoms with Crippen LogP contribution >= 0.6 is 0 Å². The van der Waals surface area contributed by atoms with Gasteiger partial charge in [-0.1, -0.05) is 63.2 Å². The van der Waals surface area contributed by atoms with E-state index in [9.17, 15) is 9.59 Å². The first kappa shape index (κ1) is 31.6. The van der Waals surface area contributed by atoms with Crippen LogP contribution in [0.5, 0.6) is 0 Å². The van der Waals surface area contributed by atoms with Gasteiger partial charge in [0.25, 0.3) is 0 Å². The summed E-state index contributed by atoms with van der Waals surface area (Å²) in [6, 6.07) is 23.4. The van der Waals surface area contributed by atoms with E-state index in [1.807, 2.05) is 4.90 Å². The maximum atomic E-state index is 13.2. The van der Waals surface area contributed by atoms with Gasteiger partial charge in [-0.2, -0.15) is 0 Å². The number of carbonyl (C=O) groups excluding carboxylic acids is 2. The van der Waals surface area contributed by atoms with Gasteiger partial charge in [-0.15, -0.1) is 0 Å². The number of nitrogens with zero attached hydrogens (tertiary/aromatic N) is 3. The van der Waals surface area contributed by atoms with Crippen LogP contribution in [0, 0.1) is 18.3 Å². The Morgan fingerprint density at radius 1 is 0.886 bits per heavy atom. The molecule has 1 aliphatic heterocycles. The molecule has 0 aromatic heterocycles. The number of benzene rings is 3. The van der Waals surface area contributed by atoms with Crippen molar-refractivity contribution in [1.82, 2.24) is 4.90 Å². The summed E-state index contributed by atoms with van der Waals surface area (Å²) in [4.78, 5) is 33.0. The second-order valence-electron chi connectivity index (χ2n) is 13.7. The van der Waals surface area contributed by atoms with Crippen LogP contribution in [0.1, 0.15) is 57.6 Å². The number of hydrogen-bond acceptors (Lipinski definition) is 5. The molecule has 0 unspecified atom stereocenters. The molecule has 7 nitrogen and oxygen atoms in total. The Morgan fingerprint density at radius 2 is 1.57 bits per heavy atom. The van der Waals surface area contributed by atoms with Crippen molar-refractivity contribution < 1.29 is 9.59 Å². The van der Waals surface area contributed by atoms with Gasteiger partial charge >= 0.3 is 0 Å². The lowest BCUT2D eigenvalue weighted by Crippen LogP contribution is -2.47. The first-order valence-electron chi connectivity index (χ1n) is 16.2. The van der Waals surface area contributed by atoms with E-state index in [1.54, 1.807) is 0 Å². The smallest absolute Gasteiger partial charge is 0.225 e. The van der Waals surface area contributed by atoms with Gasteiger partial charge in [0, 0.05) is 57.3 Å². The van der Waals surface area contributed by atoms with E-state index in [1.165, 1.54) is 11.3 Å². The highest BCUT2D eigenvalue weighted by atomic mass is 16.2. The minimum Gasteiger partial charge on any atom is -0.368 e. The summed E-state index contributed by atoms with van der Waals surface area (Å²) in [5, 5.41) is 3.27. The molecule has 1 heterocycles. The number of rotatable bonds is 11. The average molecular weight is 596 g/mol. The summed E-state index contributed by atoms with van der Waals surface area (Å²) in [6.45, 7) is 13.9. The molecule has 1 saturated heterocycles. The zero-order valence-corrected chi connectivity index (χ0v) is 26.9. The lowest BCUT2D eigenvalue weighted by Gasteiger charge is -2.38. The maximum Gasteiger partial charge on any atom is 0.225 e. The first-order chi connectivity index (χ1) is 21.1. The van der Waals surface area contributed by atoms with Crippen molar-refractivity contribution in [1.29, 1.82) is 0 Å². The fourth-order valence-electron chi connectivity index (χ4n) is 6.08. The van der Waals surface area contributed by atoms with E-state index < -0.39 is 0 Å². The summed E-state index contributed by atoms with van der Waals surface area (Å²) in [7, 11) is 0. The Bertz CT molecular complexity index is 1450. The molecular weight excluding hydrogens is 546 g/mol. The van der Waals surface area contributed by atoms with Crippen LogP contribution in [0.3, 0.4) is 0 Å². The van der Waals surface area contributed by atoms with Crippen molar-refractivity contribution in [2.45, 2.75) is 59.9 Å². The third kappa shape index (κ3) is 8.20. The Kier molecular flexibility index (Phi) is 9.94. The second kappa shape index (κ2) is 13.9. The number of nitrogens with two attached hydrogens (primary N) is 1. The van der Waals surface area contributed by atoms with Gasteiger partial charge in [-0.3, -0.25) is 9.59 Å². The van der Waals surface area contributed by atoms with Crippen LogP contribution < -0.4 is 20.9 Å². The van der Waals surface area contributed by atoms with Crippen LogP contribution in [0.25, 0.3) is 11.1 Å². The van der Waals surface area contributed by atoms with Crippen molar-refractivity contribution in [3.63, 3.8) is 0 Å². The number of hydrogen-bond donors (Lipinski definition) is 2. The van der Waals surface area contributed by atoms with Crippen LogP contribution in [0.15, 0.2) is 66.7 Å². The predicted molar refractivity (Wildman–Crippen MR) is 182 cm³/mol. The molecule has 2 amide bonds. The number of amides is 2. The number of anilines is 3. The second-order valence-corrected chi connectivity index (χ2v) is 13.7. The number of aryl methyl sites for hydroxylation is 1. The van der Waals surface area contributed by atoms with Gasteiger partial charge < -0.3 is 25.8 Å².